The van der Waals surface area contributed by atoms with Crippen molar-refractivity contribution in [3.8, 4) is 11.5 Å². The van der Waals surface area contributed by atoms with Gasteiger partial charge in [-0.05, 0) is 48.9 Å². The molecule has 0 N–H and O–H groups in total. The van der Waals surface area contributed by atoms with Crippen LogP contribution in [0.15, 0.2) is 72.8 Å². The lowest BCUT2D eigenvalue weighted by molar-refractivity contribution is -0.151. The molecule has 36 heavy (non-hydrogen) atoms. The lowest BCUT2D eigenvalue weighted by Gasteiger charge is -2.38. The van der Waals surface area contributed by atoms with E-state index in [-0.39, 0.29) is 18.1 Å². The summed E-state index contributed by atoms with van der Waals surface area (Å²) >= 11 is 0. The van der Waals surface area contributed by atoms with E-state index < -0.39 is 6.10 Å². The summed E-state index contributed by atoms with van der Waals surface area (Å²) in [6.45, 7) is 3.10. The summed E-state index contributed by atoms with van der Waals surface area (Å²) in [4.78, 5) is 15.9. The third-order valence-electron chi connectivity index (χ3n) is 7.38. The molecule has 1 unspecified atom stereocenters. The quantitative estimate of drug-likeness (QED) is 0.379. The maximum Gasteiger partial charge on any atom is 0.256 e. The van der Waals surface area contributed by atoms with Gasteiger partial charge in [0.2, 0.25) is 0 Å². The second-order valence-electron chi connectivity index (χ2n) is 9.86. The number of amides is 1. The van der Waals surface area contributed by atoms with E-state index in [1.807, 2.05) is 59.5 Å². The molecule has 3 aromatic carbocycles. The van der Waals surface area contributed by atoms with E-state index in [2.05, 4.69) is 25.1 Å². The zero-order chi connectivity index (χ0) is 24.9. The molecule has 1 saturated carbocycles. The predicted octanol–water partition coefficient (Wildman–Crippen LogP) is 6.25. The van der Waals surface area contributed by atoms with Gasteiger partial charge in [-0.15, -0.1) is 0 Å². The van der Waals surface area contributed by atoms with Crippen LogP contribution in [0.3, 0.4) is 0 Å². The summed E-state index contributed by atoms with van der Waals surface area (Å²) in [5.41, 5.74) is 4.24. The molecule has 5 nitrogen and oxygen atoms in total. The number of rotatable bonds is 8. The maximum absolute atomic E-state index is 14.0. The number of methoxy groups -OCH3 is 1. The van der Waals surface area contributed by atoms with Crippen molar-refractivity contribution in [1.29, 1.82) is 0 Å². The first-order valence-electron chi connectivity index (χ1n) is 13.0. The first-order chi connectivity index (χ1) is 17.6. The SMILES string of the molecule is COc1ccc2c(c1OCc1ccccc1)CC(C)N(C(=O)[C@@H](OC1CCCC1)c1ccccc1)C2. The molecule has 1 heterocycles. The van der Waals surface area contributed by atoms with Crippen LogP contribution in [0, 0.1) is 0 Å². The van der Waals surface area contributed by atoms with E-state index in [0.29, 0.717) is 19.6 Å². The summed E-state index contributed by atoms with van der Waals surface area (Å²) in [5, 5.41) is 0. The van der Waals surface area contributed by atoms with Gasteiger partial charge in [0.25, 0.3) is 5.91 Å². The molecule has 0 radical (unpaired) electrons. The van der Waals surface area contributed by atoms with E-state index in [1.165, 1.54) is 12.8 Å². The Morgan fingerprint density at radius 2 is 1.67 bits per heavy atom. The van der Waals surface area contributed by atoms with Crippen molar-refractivity contribution in [2.45, 2.75) is 70.4 Å². The summed E-state index contributed by atoms with van der Waals surface area (Å²) < 4.78 is 18.4. The van der Waals surface area contributed by atoms with Crippen LogP contribution in [0.25, 0.3) is 0 Å². The Morgan fingerprint density at radius 1 is 0.972 bits per heavy atom. The topological polar surface area (TPSA) is 48.0 Å². The molecule has 1 fully saturated rings. The number of carbonyl (C=O) groups excluding carboxylic acids is 1. The smallest absolute Gasteiger partial charge is 0.256 e. The zero-order valence-electron chi connectivity index (χ0n) is 21.2. The van der Waals surface area contributed by atoms with Crippen molar-refractivity contribution in [2.24, 2.45) is 0 Å². The maximum atomic E-state index is 14.0. The molecule has 2 atom stereocenters. The van der Waals surface area contributed by atoms with Crippen molar-refractivity contribution < 1.29 is 19.0 Å². The molecule has 0 saturated heterocycles. The van der Waals surface area contributed by atoms with Crippen molar-refractivity contribution >= 4 is 5.91 Å². The molecule has 1 aliphatic heterocycles. The first-order valence-corrected chi connectivity index (χ1v) is 13.0. The van der Waals surface area contributed by atoms with Gasteiger partial charge in [-0.25, -0.2) is 0 Å². The number of hydrogen-bond donors (Lipinski definition) is 0. The molecule has 3 aromatic rings. The van der Waals surface area contributed by atoms with E-state index in [0.717, 1.165) is 46.6 Å². The normalized spacial score (nSPS) is 18.5. The van der Waals surface area contributed by atoms with Crippen LogP contribution in [0.1, 0.15) is 61.0 Å². The predicted molar refractivity (Wildman–Crippen MR) is 140 cm³/mol. The lowest BCUT2D eigenvalue weighted by Crippen LogP contribution is -2.45. The van der Waals surface area contributed by atoms with Crippen molar-refractivity contribution in [2.75, 3.05) is 7.11 Å². The molecule has 1 amide bonds. The number of benzene rings is 3. The van der Waals surface area contributed by atoms with Gasteiger partial charge in [0.15, 0.2) is 17.6 Å². The van der Waals surface area contributed by atoms with Crippen molar-refractivity contribution in [1.82, 2.24) is 4.90 Å². The summed E-state index contributed by atoms with van der Waals surface area (Å²) in [7, 11) is 1.67. The van der Waals surface area contributed by atoms with Crippen LogP contribution in [0.4, 0.5) is 0 Å². The van der Waals surface area contributed by atoms with Crippen LogP contribution >= 0.6 is 0 Å². The average molecular weight is 486 g/mol. The highest BCUT2D eigenvalue weighted by Crippen LogP contribution is 2.40. The van der Waals surface area contributed by atoms with Gasteiger partial charge in [0.05, 0.1) is 13.2 Å². The number of nitrogens with zero attached hydrogens (tertiary/aromatic N) is 1. The first kappa shape index (κ1) is 24.4. The highest BCUT2D eigenvalue weighted by atomic mass is 16.5. The Labute approximate surface area is 214 Å². The van der Waals surface area contributed by atoms with Crippen LogP contribution in [0.5, 0.6) is 11.5 Å². The second kappa shape index (κ2) is 11.2. The average Bonchev–Trinajstić information content (AvgIpc) is 3.44. The van der Waals surface area contributed by atoms with Crippen LogP contribution in [-0.4, -0.2) is 30.1 Å². The third kappa shape index (κ3) is 5.26. The standard InChI is InChI=1S/C31H35NO4/c1-22-19-27-25(17-18-28(34-2)30(27)35-21-23-11-5-3-6-12-23)20-32(22)31(33)29(24-13-7-4-8-14-24)36-26-15-9-10-16-26/h3-8,11-14,17-18,22,26,29H,9-10,15-16,19-21H2,1-2H3/t22?,29-/m0/s1. The Hall–Kier alpha value is -3.31. The minimum absolute atomic E-state index is 0.00886. The molecule has 0 spiro atoms. The third-order valence-corrected chi connectivity index (χ3v) is 7.38. The van der Waals surface area contributed by atoms with E-state index in [4.69, 9.17) is 14.2 Å². The van der Waals surface area contributed by atoms with Gasteiger partial charge < -0.3 is 19.1 Å². The highest BCUT2D eigenvalue weighted by Gasteiger charge is 2.36. The van der Waals surface area contributed by atoms with E-state index >= 15 is 0 Å². The summed E-state index contributed by atoms with van der Waals surface area (Å²) in [6, 6.07) is 24.1. The van der Waals surface area contributed by atoms with Crippen molar-refractivity contribution in [3.63, 3.8) is 0 Å². The molecule has 5 heteroatoms. The Bertz CT molecular complexity index is 1160. The molecular formula is C31H35NO4. The van der Waals surface area contributed by atoms with Crippen LogP contribution in [0.2, 0.25) is 0 Å². The monoisotopic (exact) mass is 485 g/mol. The minimum Gasteiger partial charge on any atom is -0.493 e. The van der Waals surface area contributed by atoms with Gasteiger partial charge in [-0.2, -0.15) is 0 Å². The molecule has 1 aliphatic carbocycles. The molecule has 0 aromatic heterocycles. The number of carbonyl (C=O) groups is 1. The number of fused-ring (bicyclic) bond motifs is 1. The van der Waals surface area contributed by atoms with E-state index in [1.54, 1.807) is 7.11 Å². The van der Waals surface area contributed by atoms with Crippen LogP contribution < -0.4 is 9.47 Å². The fourth-order valence-corrected chi connectivity index (χ4v) is 5.38. The lowest BCUT2D eigenvalue weighted by atomic mass is 9.92. The Kier molecular flexibility index (Phi) is 7.57. The number of ether oxygens (including phenoxy) is 3. The number of hydrogen-bond acceptors (Lipinski definition) is 4. The molecular weight excluding hydrogens is 450 g/mol. The summed E-state index contributed by atoms with van der Waals surface area (Å²) in [6.07, 6.45) is 4.66. The van der Waals surface area contributed by atoms with Gasteiger partial charge in [-0.3, -0.25) is 4.79 Å². The van der Waals surface area contributed by atoms with Gasteiger partial charge in [0.1, 0.15) is 6.61 Å². The fraction of sp³-hybridized carbons (Fsp3) is 0.387. The van der Waals surface area contributed by atoms with Gasteiger partial charge in [-0.1, -0.05) is 79.6 Å². The molecule has 5 rings (SSSR count). The van der Waals surface area contributed by atoms with Gasteiger partial charge in [0, 0.05) is 18.2 Å². The Balaban J connectivity index is 1.40. The van der Waals surface area contributed by atoms with E-state index in [9.17, 15) is 4.79 Å². The minimum atomic E-state index is -0.578. The largest absolute Gasteiger partial charge is 0.493 e. The highest BCUT2D eigenvalue weighted by molar-refractivity contribution is 5.83. The van der Waals surface area contributed by atoms with Crippen molar-refractivity contribution in [3.05, 3.63) is 95.1 Å². The zero-order valence-corrected chi connectivity index (χ0v) is 21.2. The Morgan fingerprint density at radius 3 is 2.36 bits per heavy atom. The fourth-order valence-electron chi connectivity index (χ4n) is 5.38. The molecule has 2 aliphatic rings. The molecule has 0 bridgehead atoms. The molecule has 188 valence electrons. The van der Waals surface area contributed by atoms with Crippen LogP contribution in [-0.2, 0) is 29.1 Å². The summed E-state index contributed by atoms with van der Waals surface area (Å²) in [5.74, 6) is 1.54. The van der Waals surface area contributed by atoms with Gasteiger partial charge >= 0.3 is 0 Å². The second-order valence-corrected chi connectivity index (χ2v) is 9.86.